The average Bonchev–Trinajstić information content (AvgIpc) is 1.52. The Bertz CT molecular complexity index is 5240. The molecule has 2 aliphatic carbocycles. The highest BCUT2D eigenvalue weighted by Crippen LogP contribution is 2.59. The Labute approximate surface area is 765 Å². The molecule has 3 aromatic carbocycles. The summed E-state index contributed by atoms with van der Waals surface area (Å²) in [5, 5.41) is 51.8. The first kappa shape index (κ1) is 99.1. The fourth-order valence-corrected chi connectivity index (χ4v) is 19.7. The van der Waals surface area contributed by atoms with Crippen LogP contribution in [0.1, 0.15) is 153 Å². The topological polar surface area (TPSA) is 564 Å². The normalized spacial score (nSPS) is 27.6. The number of hydrogen-bond acceptors (Lipinski definition) is 22. The number of aromatic hydroxyl groups is 1. The quantitative estimate of drug-likeness (QED) is 0.0475. The summed E-state index contributed by atoms with van der Waals surface area (Å²) in [5.74, 6) is -17.3. The van der Waals surface area contributed by atoms with Gasteiger partial charge in [-0.25, -0.2) is 4.98 Å². The molecule has 17 amide bonds. The van der Waals surface area contributed by atoms with Gasteiger partial charge in [-0.15, -0.1) is 23.1 Å². The van der Waals surface area contributed by atoms with Crippen LogP contribution in [0.5, 0.6) is 5.75 Å². The van der Waals surface area contributed by atoms with E-state index >= 15 is 33.6 Å². The molecular weight excluding hydrogens is 1730 g/mol. The van der Waals surface area contributed by atoms with E-state index in [0.717, 1.165) is 31.6 Å². The summed E-state index contributed by atoms with van der Waals surface area (Å²) in [6.07, 6.45) is 5.57. The van der Waals surface area contributed by atoms with Gasteiger partial charge in [0.2, 0.25) is 100 Å². The van der Waals surface area contributed by atoms with Crippen LogP contribution in [0.4, 0.5) is 0 Å². The first-order valence-electron chi connectivity index (χ1n) is 44.4. The number of imidazole rings is 1. The van der Waals surface area contributed by atoms with Gasteiger partial charge in [0.25, 0.3) is 0 Å². The van der Waals surface area contributed by atoms with E-state index in [4.69, 9.17) is 11.5 Å². The lowest BCUT2D eigenvalue weighted by molar-refractivity contribution is -0.152. The molecule has 6 heterocycles. The number of fused-ring (bicyclic) bond motifs is 4. The predicted octanol–water partition coefficient (Wildman–Crippen LogP) is -0.0946. The van der Waals surface area contributed by atoms with Crippen LogP contribution in [0.25, 0.3) is 21.0 Å². The molecule has 5 aliphatic rings. The minimum Gasteiger partial charge on any atom is -0.508 e. The number of unbranched alkanes of at least 4 members (excludes halogenated alkanes) is 1. The van der Waals surface area contributed by atoms with Gasteiger partial charge in [-0.2, -0.15) is 0 Å². The zero-order valence-electron chi connectivity index (χ0n) is 74.9. The number of thiophene rings is 1. The van der Waals surface area contributed by atoms with Crippen LogP contribution < -0.4 is 64.6 Å². The molecule has 2 unspecified atom stereocenters. The molecule has 16 atom stereocenters. The van der Waals surface area contributed by atoms with Crippen molar-refractivity contribution in [2.24, 2.45) is 23.3 Å². The van der Waals surface area contributed by atoms with Crippen LogP contribution in [0.15, 0.2) is 96.9 Å². The van der Waals surface area contributed by atoms with Crippen molar-refractivity contribution in [3.63, 3.8) is 0 Å². The zero-order valence-corrected chi connectivity index (χ0v) is 76.6. The number of benzene rings is 3. The maximum Gasteiger partial charge on any atom is 0.249 e. The number of nitrogens with one attached hydrogen (secondary N) is 12. The van der Waals surface area contributed by atoms with Crippen molar-refractivity contribution < 1.29 is 91.7 Å². The number of aliphatic hydroxyl groups is 1. The molecule has 131 heavy (non-hydrogen) atoms. The van der Waals surface area contributed by atoms with E-state index in [-0.39, 0.29) is 101 Å². The standard InChI is InChI=1S/C90H120N20O19S2/c1-10-12-23-68-81(122)97-49(5)75(116)104-67(77(118)95-42-73(92)114)45-130-46-74(115)98-64(34-51-27-29-55(112)30-28-51)84(125)106(7)50(6)76(117)101-65(37-72(91)113)86(127)110-32-18-25-70(110)83(124)100-62(36-54-41-93-47-96-54)79(120)102-63(33-48(3)4)85(126)109-31-17-24-69(109)82(123)99-61(35-52-40-94-60-22-15-13-20-56(52)60)78(119)103-66(43-111)80(121)105-89(39-59(89)58-44-131-71-26-16-14-21-57(58)71)87(128)108(9)90(88(129)107(68)8)38-53(90)19-11-2/h13-16,20-22,26-30,40-41,44,47-50,53,59,61-70,94,111-112H,10-12,17-19,23-25,31-39,42-43,45-46H2,1-9H3,(H2,91,113)(H2,92,114)(H,93,96)(H,95,118)(H,97,122)(H,98,115)(H,99,123)(H,100,124)(H,101,117)(H,102,120)(H,103,119)(H,104,116)(H,105,121)/t49-,50-,53+,59+,61-,62-,63-,64-,65-,66-,67-,68-,69-,70-,89?,90?/m0/s1. The maximum absolute atomic E-state index is 16.2. The number of nitrogens with two attached hydrogens (primary N) is 2. The molecule has 706 valence electrons. The van der Waals surface area contributed by atoms with Crippen LogP contribution >= 0.6 is 23.1 Å². The van der Waals surface area contributed by atoms with E-state index in [2.05, 4.69) is 68.1 Å². The summed E-state index contributed by atoms with van der Waals surface area (Å²) in [7, 11) is 4.11. The molecule has 6 aromatic rings. The zero-order chi connectivity index (χ0) is 95.0. The van der Waals surface area contributed by atoms with Crippen molar-refractivity contribution in [2.45, 2.75) is 234 Å². The van der Waals surface area contributed by atoms with Crippen molar-refractivity contribution >= 4 is 145 Å². The smallest absolute Gasteiger partial charge is 0.249 e. The molecule has 0 bridgehead atoms. The van der Waals surface area contributed by atoms with Crippen molar-refractivity contribution in [1.82, 2.24) is 92.6 Å². The second-order valence-corrected chi connectivity index (χ2v) is 37.0. The highest BCUT2D eigenvalue weighted by atomic mass is 32.2. The van der Waals surface area contributed by atoms with Crippen molar-refractivity contribution in [2.75, 3.05) is 58.9 Å². The number of likely N-dealkylation sites (N-methyl/N-ethyl adjacent to an activating group) is 3. The van der Waals surface area contributed by atoms with E-state index in [0.29, 0.717) is 59.0 Å². The lowest BCUT2D eigenvalue weighted by Gasteiger charge is -2.38. The molecule has 41 heteroatoms. The largest absolute Gasteiger partial charge is 0.508 e. The fraction of sp³-hybridized carbons (Fsp3) is 0.533. The molecule has 39 nitrogen and oxygen atoms in total. The Kier molecular flexibility index (Phi) is 33.2. The summed E-state index contributed by atoms with van der Waals surface area (Å²) < 4.78 is 0.865. The third kappa shape index (κ3) is 23.6. The first-order valence-corrected chi connectivity index (χ1v) is 46.4. The highest BCUT2D eigenvalue weighted by molar-refractivity contribution is 8.00. The Morgan fingerprint density at radius 1 is 0.618 bits per heavy atom. The van der Waals surface area contributed by atoms with Gasteiger partial charge in [0, 0.05) is 98.9 Å². The van der Waals surface area contributed by atoms with E-state index in [1.807, 2.05) is 43.5 Å². The van der Waals surface area contributed by atoms with Gasteiger partial charge in [0.05, 0.1) is 31.7 Å². The van der Waals surface area contributed by atoms with Crippen LogP contribution in [0.2, 0.25) is 0 Å². The van der Waals surface area contributed by atoms with Gasteiger partial charge in [0.1, 0.15) is 89.3 Å². The van der Waals surface area contributed by atoms with E-state index in [9.17, 15) is 58.2 Å². The second kappa shape index (κ2) is 43.9. The van der Waals surface area contributed by atoms with Gasteiger partial charge < -0.3 is 109 Å². The number of phenols is 1. The number of nitrogens with zero attached hydrogens (tertiary/aromatic N) is 6. The summed E-state index contributed by atoms with van der Waals surface area (Å²) in [6, 6.07) is 2.47. The van der Waals surface area contributed by atoms with Crippen molar-refractivity contribution in [3.05, 3.63) is 119 Å². The number of primary amides is 2. The van der Waals surface area contributed by atoms with Crippen LogP contribution in [0, 0.1) is 11.8 Å². The van der Waals surface area contributed by atoms with Crippen molar-refractivity contribution in [1.29, 1.82) is 0 Å². The minimum absolute atomic E-state index is 0.00560. The lowest BCUT2D eigenvalue weighted by atomic mass is 9.99. The minimum atomic E-state index is -1.85. The molecule has 11 rings (SSSR count). The number of rotatable bonds is 20. The van der Waals surface area contributed by atoms with Gasteiger partial charge in [-0.05, 0) is 135 Å². The number of aromatic nitrogens is 3. The fourth-order valence-electron chi connectivity index (χ4n) is 17.9. The number of carbonyl (C=O) groups is 17. The maximum atomic E-state index is 16.2. The third-order valence-corrected chi connectivity index (χ3v) is 27.3. The number of carbonyl (C=O) groups excluding carboxylic acids is 17. The summed E-state index contributed by atoms with van der Waals surface area (Å²) >= 11 is 2.20. The summed E-state index contributed by atoms with van der Waals surface area (Å²) in [6.45, 7) is 8.20. The van der Waals surface area contributed by atoms with Gasteiger partial charge in [-0.1, -0.05) is 95.5 Å². The van der Waals surface area contributed by atoms with Gasteiger partial charge >= 0.3 is 0 Å². The highest BCUT2D eigenvalue weighted by Gasteiger charge is 2.71. The molecule has 3 aromatic heterocycles. The monoisotopic (exact) mass is 1850 g/mol. The Hall–Kier alpha value is -12.5. The molecule has 18 N–H and O–H groups in total. The molecule has 0 radical (unpaired) electrons. The number of aromatic amines is 2. The average molecular weight is 1850 g/mol. The van der Waals surface area contributed by atoms with E-state index in [1.165, 1.54) is 97.8 Å². The number of phenolic OH excluding ortho intramolecular Hbond substituents is 1. The summed E-state index contributed by atoms with van der Waals surface area (Å²) in [5.41, 5.74) is 10.3. The molecular formula is C90H120N20O19S2. The van der Waals surface area contributed by atoms with Gasteiger partial charge in [-0.3, -0.25) is 81.5 Å². The molecule has 3 saturated heterocycles. The summed E-state index contributed by atoms with van der Waals surface area (Å²) in [4.78, 5) is 266. The van der Waals surface area contributed by atoms with Crippen LogP contribution in [-0.4, -0.2) is 293 Å². The van der Waals surface area contributed by atoms with Gasteiger partial charge in [0.15, 0.2) is 0 Å². The number of aliphatic hydroxyl groups excluding tert-OH is 1. The molecule has 2 spiro atoms. The Morgan fingerprint density at radius 2 is 1.24 bits per heavy atom. The number of para-hydroxylation sites is 1. The lowest BCUT2D eigenvalue weighted by Crippen LogP contribution is -2.63. The Balaban J connectivity index is 0.934. The van der Waals surface area contributed by atoms with Crippen LogP contribution in [0.3, 0.4) is 0 Å². The van der Waals surface area contributed by atoms with E-state index in [1.54, 1.807) is 44.3 Å². The first-order chi connectivity index (χ1) is 62.4. The predicted molar refractivity (Wildman–Crippen MR) is 483 cm³/mol. The number of H-pyrrole nitrogens is 2. The SMILES string of the molecule is CCCC[C@H]1C(=O)N[C@@H](C)C(=O)N[C@H](C(=O)NCC(N)=O)CSCC(=O)N[C@@H](Cc2ccc(O)cc2)C(=O)N(C)[C@@H](C)C(=O)N[C@@H](CC(N)=O)C(=O)N2CCC[C@H]2C(=O)N[C@@H](Cc2cnc[nH]2)C(=O)N[C@@H](CC(C)C)C(=O)N2CCC[C@H]2C(=O)N[C@@H](Cc2c[nH]c3ccccc23)C(=O)N[C@@H](CO)C(=O)NC2(C[C@@H]2c2csc3ccccc23)C(=O)N(C)C2(C[C@H]2CCC)C(=O)N1C. The number of thioether (sulfide) groups is 1. The number of amides is 17. The molecule has 2 saturated carbocycles. The Morgan fingerprint density at radius 3 is 1.87 bits per heavy atom. The second-order valence-electron chi connectivity index (χ2n) is 35.1. The molecule has 5 fully saturated rings. The van der Waals surface area contributed by atoms with Crippen LogP contribution in [-0.2, 0) is 101 Å². The van der Waals surface area contributed by atoms with Crippen molar-refractivity contribution in [3.8, 4) is 5.75 Å². The third-order valence-electron chi connectivity index (χ3n) is 25.3. The number of hydrogen-bond donors (Lipinski definition) is 16. The molecule has 3 aliphatic heterocycles. The van der Waals surface area contributed by atoms with E-state index < -0.39 is 221 Å².